The summed E-state index contributed by atoms with van der Waals surface area (Å²) >= 11 is 10.8. The molecule has 1 saturated heterocycles. The summed E-state index contributed by atoms with van der Waals surface area (Å²) in [4.78, 5) is 26.9. The van der Waals surface area contributed by atoms with Crippen LogP contribution in [0.15, 0.2) is 46.8 Å². The highest BCUT2D eigenvalue weighted by Gasteiger charge is 2.29. The highest BCUT2D eigenvalue weighted by molar-refractivity contribution is 7.99. The van der Waals surface area contributed by atoms with Crippen LogP contribution in [0.2, 0.25) is 5.15 Å². The smallest absolute Gasteiger partial charge is 0.260 e. The molecule has 1 fully saturated rings. The van der Waals surface area contributed by atoms with E-state index in [-0.39, 0.29) is 5.91 Å². The molecule has 0 spiro atoms. The van der Waals surface area contributed by atoms with Crippen LogP contribution in [-0.4, -0.2) is 66.2 Å². The zero-order valence-electron chi connectivity index (χ0n) is 19.0. The fourth-order valence-electron chi connectivity index (χ4n) is 4.17. The number of benzene rings is 1. The van der Waals surface area contributed by atoms with Gasteiger partial charge in [-0.3, -0.25) is 4.79 Å². The number of anilines is 3. The number of nitrogens with zero attached hydrogens (tertiary/aromatic N) is 6. The number of thiazole rings is 1. The number of amides is 1. The van der Waals surface area contributed by atoms with E-state index in [2.05, 4.69) is 14.2 Å². The van der Waals surface area contributed by atoms with Crippen LogP contribution in [0.4, 0.5) is 16.5 Å². The van der Waals surface area contributed by atoms with Crippen molar-refractivity contribution < 1.29 is 4.79 Å². The molecular formula is C23H25ClN6OS3. The Hall–Kier alpha value is -1.98. The second kappa shape index (κ2) is 10.3. The molecule has 7 nitrogen and oxygen atoms in total. The number of para-hydroxylation sites is 1. The summed E-state index contributed by atoms with van der Waals surface area (Å²) in [6.07, 6.45) is 2.78. The van der Waals surface area contributed by atoms with E-state index >= 15 is 0 Å². The predicted octanol–water partition coefficient (Wildman–Crippen LogP) is 4.94. The predicted molar refractivity (Wildman–Crippen MR) is 145 cm³/mol. The molecule has 2 aromatic heterocycles. The maximum Gasteiger partial charge on any atom is 0.260 e. The molecule has 0 N–H and O–H groups in total. The average Bonchev–Trinajstić information content (AvgIpc) is 3.49. The Morgan fingerprint density at radius 2 is 1.88 bits per heavy atom. The molecular weight excluding hydrogens is 508 g/mol. The van der Waals surface area contributed by atoms with Crippen molar-refractivity contribution in [2.75, 3.05) is 60.1 Å². The normalized spacial score (nSPS) is 16.1. The van der Waals surface area contributed by atoms with Crippen LogP contribution >= 0.6 is 46.8 Å². The number of rotatable bonds is 6. The summed E-state index contributed by atoms with van der Waals surface area (Å²) < 4.78 is 4.36. The Morgan fingerprint density at radius 3 is 2.62 bits per heavy atom. The van der Waals surface area contributed by atoms with Gasteiger partial charge in [-0.15, -0.1) is 11.3 Å². The molecule has 1 amide bonds. The van der Waals surface area contributed by atoms with Gasteiger partial charge >= 0.3 is 0 Å². The Morgan fingerprint density at radius 1 is 1.09 bits per heavy atom. The number of carbonyl (C=O) groups excluding carboxylic acids is 1. The molecule has 4 heterocycles. The van der Waals surface area contributed by atoms with E-state index < -0.39 is 0 Å². The molecule has 1 aromatic carbocycles. The first-order valence-corrected chi connectivity index (χ1v) is 14.2. The molecule has 178 valence electrons. The fourth-order valence-corrected chi connectivity index (χ4v) is 6.42. The van der Waals surface area contributed by atoms with E-state index in [1.807, 2.05) is 64.3 Å². The van der Waals surface area contributed by atoms with Crippen molar-refractivity contribution in [3.05, 3.63) is 58.2 Å². The molecule has 0 atom stereocenters. The highest BCUT2D eigenvalue weighted by Crippen LogP contribution is 2.34. The molecule has 2 aliphatic rings. The van der Waals surface area contributed by atoms with Gasteiger partial charge in [0, 0.05) is 57.8 Å². The van der Waals surface area contributed by atoms with Crippen LogP contribution in [0, 0.1) is 0 Å². The molecule has 2 aliphatic heterocycles. The van der Waals surface area contributed by atoms with Crippen molar-refractivity contribution in [2.45, 2.75) is 11.4 Å². The van der Waals surface area contributed by atoms with Gasteiger partial charge in [0.2, 0.25) is 0 Å². The third-order valence-electron chi connectivity index (χ3n) is 5.98. The molecule has 0 saturated carbocycles. The topological polar surface area (TPSA) is 55.8 Å². The van der Waals surface area contributed by atoms with E-state index in [0.717, 1.165) is 59.8 Å². The first-order chi connectivity index (χ1) is 16.5. The minimum atomic E-state index is 0.0239. The third-order valence-corrected chi connectivity index (χ3v) is 8.98. The second-order valence-electron chi connectivity index (χ2n) is 7.98. The molecule has 0 radical (unpaired) electrons. The lowest BCUT2D eigenvalue weighted by molar-refractivity contribution is 0.0990. The molecule has 0 unspecified atom stereocenters. The van der Waals surface area contributed by atoms with Gasteiger partial charge in [-0.1, -0.05) is 35.7 Å². The van der Waals surface area contributed by atoms with Gasteiger partial charge in [0.15, 0.2) is 5.13 Å². The summed E-state index contributed by atoms with van der Waals surface area (Å²) in [7, 11) is 1.98. The van der Waals surface area contributed by atoms with Gasteiger partial charge in [0.05, 0.1) is 22.6 Å². The lowest BCUT2D eigenvalue weighted by Crippen LogP contribution is -2.43. The zero-order valence-corrected chi connectivity index (χ0v) is 22.2. The maximum atomic E-state index is 13.4. The summed E-state index contributed by atoms with van der Waals surface area (Å²) in [6.45, 7) is 4.32. The number of pyridine rings is 1. The lowest BCUT2D eigenvalue weighted by Gasteiger charge is -2.33. The standard InChI is InChI=1S/C23H25ClN6OS3/c1-27(32-2)18-6-4-3-5-16(18)22(31)30-10-9-17-19(30)7-8-21(25-17)34-29-13-11-28(12-14-29)23-26-20(24)15-33-23/h3-8,15H,9-14H2,1-2H3. The van der Waals surface area contributed by atoms with Crippen molar-refractivity contribution in [1.29, 1.82) is 0 Å². The Bertz CT molecular complexity index is 1180. The first-order valence-electron chi connectivity index (χ1n) is 11.0. The Balaban J connectivity index is 1.25. The van der Waals surface area contributed by atoms with Crippen LogP contribution in [0.3, 0.4) is 0 Å². The van der Waals surface area contributed by atoms with Crippen LogP contribution in [-0.2, 0) is 6.42 Å². The monoisotopic (exact) mass is 532 g/mol. The highest BCUT2D eigenvalue weighted by atomic mass is 35.5. The van der Waals surface area contributed by atoms with Crippen LogP contribution in [0.5, 0.6) is 0 Å². The van der Waals surface area contributed by atoms with E-state index in [0.29, 0.717) is 17.3 Å². The third kappa shape index (κ3) is 4.87. The van der Waals surface area contributed by atoms with E-state index in [1.54, 1.807) is 35.2 Å². The van der Waals surface area contributed by atoms with E-state index in [9.17, 15) is 4.79 Å². The van der Waals surface area contributed by atoms with E-state index in [1.165, 1.54) is 0 Å². The van der Waals surface area contributed by atoms with Crippen molar-refractivity contribution in [3.63, 3.8) is 0 Å². The van der Waals surface area contributed by atoms with Crippen LogP contribution in [0.25, 0.3) is 0 Å². The summed E-state index contributed by atoms with van der Waals surface area (Å²) in [5, 5.41) is 4.40. The summed E-state index contributed by atoms with van der Waals surface area (Å²) in [6, 6.07) is 11.9. The summed E-state index contributed by atoms with van der Waals surface area (Å²) in [5.41, 5.74) is 3.55. The largest absolute Gasteiger partial charge is 0.345 e. The minimum Gasteiger partial charge on any atom is -0.345 e. The van der Waals surface area contributed by atoms with Gasteiger partial charge in [0.25, 0.3) is 5.91 Å². The molecule has 11 heteroatoms. The van der Waals surface area contributed by atoms with Gasteiger partial charge in [-0.2, -0.15) is 0 Å². The Kier molecular flexibility index (Phi) is 7.22. The molecule has 5 rings (SSSR count). The minimum absolute atomic E-state index is 0.0239. The van der Waals surface area contributed by atoms with Crippen LogP contribution < -0.4 is 14.1 Å². The number of aromatic nitrogens is 2. The Labute approximate surface area is 217 Å². The van der Waals surface area contributed by atoms with Gasteiger partial charge < -0.3 is 14.1 Å². The number of hydrogen-bond acceptors (Lipinski definition) is 9. The molecule has 0 aliphatic carbocycles. The van der Waals surface area contributed by atoms with Gasteiger partial charge in [-0.25, -0.2) is 14.3 Å². The zero-order chi connectivity index (χ0) is 23.7. The summed E-state index contributed by atoms with van der Waals surface area (Å²) in [5.74, 6) is 0.0239. The van der Waals surface area contributed by atoms with Crippen molar-refractivity contribution in [3.8, 4) is 0 Å². The molecule has 34 heavy (non-hydrogen) atoms. The maximum absolute atomic E-state index is 13.4. The van der Waals surface area contributed by atoms with Crippen molar-refractivity contribution >= 4 is 69.2 Å². The second-order valence-corrected chi connectivity index (χ2v) is 11.2. The average molecular weight is 533 g/mol. The first kappa shape index (κ1) is 23.7. The number of carbonyl (C=O) groups is 1. The number of piperazine rings is 1. The number of halogens is 1. The number of hydrogen-bond donors (Lipinski definition) is 0. The van der Waals surface area contributed by atoms with E-state index in [4.69, 9.17) is 16.6 Å². The van der Waals surface area contributed by atoms with Gasteiger partial charge in [0.1, 0.15) is 10.2 Å². The fraction of sp³-hybridized carbons (Fsp3) is 0.348. The SMILES string of the molecule is CSN(C)c1ccccc1C(=O)N1CCc2nc(SN3CCN(c4nc(Cl)cs4)CC3)ccc21. The van der Waals surface area contributed by atoms with Crippen LogP contribution in [0.1, 0.15) is 16.1 Å². The molecule has 3 aromatic rings. The quantitative estimate of drug-likeness (QED) is 0.414. The molecule has 0 bridgehead atoms. The van der Waals surface area contributed by atoms with Crippen molar-refractivity contribution in [2.24, 2.45) is 0 Å². The lowest BCUT2D eigenvalue weighted by atomic mass is 10.1. The van der Waals surface area contributed by atoms with Gasteiger partial charge in [-0.05, 0) is 36.2 Å². The van der Waals surface area contributed by atoms with Crippen molar-refractivity contribution in [1.82, 2.24) is 14.3 Å². The number of fused-ring (bicyclic) bond motifs is 1.